The highest BCUT2D eigenvalue weighted by molar-refractivity contribution is 6.22. The van der Waals surface area contributed by atoms with Gasteiger partial charge in [-0.25, -0.2) is 9.97 Å². The Bertz CT molecular complexity index is 4540. The van der Waals surface area contributed by atoms with Crippen LogP contribution in [-0.2, 0) is 0 Å². The Morgan fingerprint density at radius 2 is 0.736 bits per heavy atom. The first-order valence-corrected chi connectivity index (χ1v) is 24.1. The molecule has 7 heteroatoms. The Balaban J connectivity index is 1.20. The molecule has 7 nitrogen and oxygen atoms in total. The summed E-state index contributed by atoms with van der Waals surface area (Å²) in [6, 6.07) is 82.8. The second-order valence-corrected chi connectivity index (χ2v) is 18.3. The van der Waals surface area contributed by atoms with Gasteiger partial charge in [-0.2, -0.15) is 5.26 Å². The Morgan fingerprint density at radius 1 is 0.347 bits per heavy atom. The van der Waals surface area contributed by atoms with Gasteiger partial charge in [-0.3, -0.25) is 0 Å². The van der Waals surface area contributed by atoms with Crippen LogP contribution in [-0.4, -0.2) is 23.7 Å². The van der Waals surface area contributed by atoms with Crippen molar-refractivity contribution < 1.29 is 4.42 Å². The summed E-state index contributed by atoms with van der Waals surface area (Å²) in [6.45, 7) is 0. The lowest BCUT2D eigenvalue weighted by Crippen LogP contribution is -2.10. The zero-order chi connectivity index (χ0) is 47.4. The largest absolute Gasteiger partial charge is 0.453 e. The van der Waals surface area contributed by atoms with Crippen LogP contribution in [0.25, 0.3) is 138 Å². The molecule has 0 N–H and O–H groups in total. The number of aromatic nitrogens is 5. The summed E-state index contributed by atoms with van der Waals surface area (Å²) in [6.07, 6.45) is 0. The molecule has 0 aliphatic carbocycles. The second kappa shape index (κ2) is 15.5. The van der Waals surface area contributed by atoms with Crippen LogP contribution in [0.15, 0.2) is 235 Å². The first kappa shape index (κ1) is 39.9. The zero-order valence-corrected chi connectivity index (χ0v) is 38.5. The lowest BCUT2D eigenvalue weighted by molar-refractivity contribution is 0.666. The molecule has 5 aromatic heterocycles. The molecule has 0 radical (unpaired) electrons. The summed E-state index contributed by atoms with van der Waals surface area (Å²) >= 11 is 0. The second-order valence-electron chi connectivity index (χ2n) is 18.3. The first-order chi connectivity index (χ1) is 35.7. The van der Waals surface area contributed by atoms with Crippen LogP contribution in [0, 0.1) is 11.3 Å². The monoisotopic (exact) mass is 918 g/mol. The van der Waals surface area contributed by atoms with Crippen molar-refractivity contribution in [3.05, 3.63) is 236 Å². The Labute approximate surface area is 411 Å². The lowest BCUT2D eigenvalue weighted by Gasteiger charge is -2.22. The molecule has 0 aliphatic heterocycles. The Hall–Kier alpha value is -10.0. The van der Waals surface area contributed by atoms with Gasteiger partial charge >= 0.3 is 0 Å². The third kappa shape index (κ3) is 5.66. The SMILES string of the molecule is N#Cc1c(-n2c3ccccc3c3ccccc32)c(-n2c3ccccc3c3ccccc32)c2oc3c(-c4cc(-c5ccccc5)nc(-c5ccccc5)n4)cccc3c2c1-n1c2ccccc2c2ccccc21. The van der Waals surface area contributed by atoms with E-state index in [-0.39, 0.29) is 0 Å². The van der Waals surface area contributed by atoms with E-state index in [1.807, 2.05) is 48.5 Å². The first-order valence-electron chi connectivity index (χ1n) is 24.1. The maximum Gasteiger partial charge on any atom is 0.163 e. The average molecular weight is 919 g/mol. The third-order valence-corrected chi connectivity index (χ3v) is 14.5. The van der Waals surface area contributed by atoms with Crippen molar-refractivity contribution in [2.75, 3.05) is 0 Å². The van der Waals surface area contributed by atoms with E-state index in [0.717, 1.165) is 110 Å². The van der Waals surface area contributed by atoms with Gasteiger partial charge in [0, 0.05) is 54.4 Å². The molecule has 0 fully saturated rings. The molecule has 5 heterocycles. The maximum absolute atomic E-state index is 12.4. The molecular weight excluding hydrogens is 881 g/mol. The molecule has 0 bridgehead atoms. The van der Waals surface area contributed by atoms with Gasteiger partial charge in [-0.1, -0.05) is 182 Å². The summed E-state index contributed by atoms with van der Waals surface area (Å²) in [5, 5.41) is 20.6. The molecule has 15 aromatic rings. The van der Waals surface area contributed by atoms with Crippen molar-refractivity contribution in [2.24, 2.45) is 0 Å². The van der Waals surface area contributed by atoms with Crippen LogP contribution in [0.5, 0.6) is 0 Å². The van der Waals surface area contributed by atoms with Gasteiger partial charge in [0.25, 0.3) is 0 Å². The zero-order valence-electron chi connectivity index (χ0n) is 38.5. The fourth-order valence-electron chi connectivity index (χ4n) is 11.5. The Morgan fingerprint density at radius 3 is 1.21 bits per heavy atom. The minimum Gasteiger partial charge on any atom is -0.453 e. The van der Waals surface area contributed by atoms with Gasteiger partial charge in [0.1, 0.15) is 22.9 Å². The van der Waals surface area contributed by atoms with E-state index in [2.05, 4.69) is 202 Å². The number of fused-ring (bicyclic) bond motifs is 12. The lowest BCUT2D eigenvalue weighted by atomic mass is 9.99. The predicted octanol–water partition coefficient (Wildman–Crippen LogP) is 16.5. The number of hydrogen-bond donors (Lipinski definition) is 0. The summed E-state index contributed by atoms with van der Waals surface area (Å²) in [4.78, 5) is 10.5. The molecular formula is C65H38N6O. The van der Waals surface area contributed by atoms with E-state index in [4.69, 9.17) is 14.4 Å². The van der Waals surface area contributed by atoms with E-state index in [9.17, 15) is 5.26 Å². The topological polar surface area (TPSA) is 77.5 Å². The van der Waals surface area contributed by atoms with Gasteiger partial charge in [-0.05, 0) is 48.5 Å². The van der Waals surface area contributed by atoms with Crippen molar-refractivity contribution in [1.82, 2.24) is 23.7 Å². The number of nitriles is 1. The van der Waals surface area contributed by atoms with E-state index < -0.39 is 0 Å². The van der Waals surface area contributed by atoms with E-state index in [0.29, 0.717) is 33.9 Å². The number of rotatable bonds is 6. The van der Waals surface area contributed by atoms with E-state index in [1.165, 1.54) is 0 Å². The van der Waals surface area contributed by atoms with Crippen LogP contribution in [0.1, 0.15) is 5.56 Å². The summed E-state index contributed by atoms with van der Waals surface area (Å²) < 4.78 is 14.7. The van der Waals surface area contributed by atoms with Crippen LogP contribution < -0.4 is 0 Å². The summed E-state index contributed by atoms with van der Waals surface area (Å²) in [5.74, 6) is 0.609. The molecule has 334 valence electrons. The van der Waals surface area contributed by atoms with Gasteiger partial charge in [0.2, 0.25) is 0 Å². The number of furan rings is 1. The van der Waals surface area contributed by atoms with Crippen LogP contribution in [0.2, 0.25) is 0 Å². The smallest absolute Gasteiger partial charge is 0.163 e. The Kier molecular flexibility index (Phi) is 8.59. The maximum atomic E-state index is 12.4. The highest BCUT2D eigenvalue weighted by Gasteiger charge is 2.33. The highest BCUT2D eigenvalue weighted by atomic mass is 16.3. The van der Waals surface area contributed by atoms with Gasteiger partial charge in [0.15, 0.2) is 11.4 Å². The average Bonchev–Trinajstić information content (AvgIpc) is 4.20. The summed E-state index contributed by atoms with van der Waals surface area (Å²) in [5.41, 5.74) is 14.1. The van der Waals surface area contributed by atoms with E-state index >= 15 is 0 Å². The van der Waals surface area contributed by atoms with Crippen molar-refractivity contribution >= 4 is 87.4 Å². The molecule has 0 aliphatic rings. The normalized spacial score (nSPS) is 11.9. The fourth-order valence-corrected chi connectivity index (χ4v) is 11.5. The van der Waals surface area contributed by atoms with Crippen molar-refractivity contribution in [3.63, 3.8) is 0 Å². The van der Waals surface area contributed by atoms with Gasteiger partial charge in [-0.15, -0.1) is 0 Å². The number of para-hydroxylation sites is 7. The fraction of sp³-hybridized carbons (Fsp3) is 0. The molecule has 0 atom stereocenters. The quantitative estimate of drug-likeness (QED) is 0.166. The standard InChI is InChI=1S/C65H38N6O/c66-39-50-60(69-53-32-13-7-24-42(53)43-25-8-14-33-54(43)69)59-49-31-19-30-48(52-38-51(40-20-3-1-4-21-40)67-65(68-52)41-22-5-2-6-23-41)63(49)72-64(59)62(71-57-36-17-11-28-46(57)47-29-12-18-37-58(47)71)61(50)70-55-34-15-9-26-44(55)45-27-10-16-35-56(45)70/h1-38H. The highest BCUT2D eigenvalue weighted by Crippen LogP contribution is 2.50. The van der Waals surface area contributed by atoms with Crippen LogP contribution >= 0.6 is 0 Å². The molecule has 0 amide bonds. The number of nitrogens with zero attached hydrogens (tertiary/aromatic N) is 6. The number of hydrogen-bond acceptors (Lipinski definition) is 4. The molecule has 0 saturated heterocycles. The minimum atomic E-state index is 0.505. The van der Waals surface area contributed by atoms with Crippen molar-refractivity contribution in [2.45, 2.75) is 0 Å². The van der Waals surface area contributed by atoms with Crippen molar-refractivity contribution in [1.29, 1.82) is 5.26 Å². The molecule has 0 spiro atoms. The summed E-state index contributed by atoms with van der Waals surface area (Å²) in [7, 11) is 0. The third-order valence-electron chi connectivity index (χ3n) is 14.5. The van der Waals surface area contributed by atoms with E-state index in [1.54, 1.807) is 0 Å². The van der Waals surface area contributed by atoms with Crippen molar-refractivity contribution in [3.8, 4) is 57.0 Å². The molecule has 0 unspecified atom stereocenters. The van der Waals surface area contributed by atoms with Crippen LogP contribution in [0.3, 0.4) is 0 Å². The molecule has 15 rings (SSSR count). The van der Waals surface area contributed by atoms with Gasteiger partial charge in [0.05, 0.1) is 61.2 Å². The molecule has 0 saturated carbocycles. The van der Waals surface area contributed by atoms with Crippen LogP contribution in [0.4, 0.5) is 0 Å². The number of benzene rings is 10. The molecule has 72 heavy (non-hydrogen) atoms. The van der Waals surface area contributed by atoms with Gasteiger partial charge < -0.3 is 18.1 Å². The molecule has 10 aromatic carbocycles. The minimum absolute atomic E-state index is 0.505. The predicted molar refractivity (Wildman–Crippen MR) is 293 cm³/mol.